The van der Waals surface area contributed by atoms with Crippen LogP contribution in [-0.4, -0.2) is 58.3 Å². The lowest BCUT2D eigenvalue weighted by Gasteiger charge is -2.34. The van der Waals surface area contributed by atoms with Crippen LogP contribution < -0.4 is 4.90 Å². The van der Waals surface area contributed by atoms with Crippen LogP contribution in [0.15, 0.2) is 55.0 Å². The van der Waals surface area contributed by atoms with Gasteiger partial charge in [-0.2, -0.15) is 5.10 Å². The van der Waals surface area contributed by atoms with E-state index < -0.39 is 12.0 Å². The molecule has 0 bridgehead atoms. The van der Waals surface area contributed by atoms with Gasteiger partial charge in [0, 0.05) is 24.1 Å². The summed E-state index contributed by atoms with van der Waals surface area (Å²) in [6, 6.07) is 11.8. The molecule has 0 fully saturated rings. The van der Waals surface area contributed by atoms with Crippen LogP contribution in [-0.2, 0) is 33.8 Å². The lowest BCUT2D eigenvalue weighted by Crippen LogP contribution is -2.41. The molecule has 0 radical (unpaired) electrons. The summed E-state index contributed by atoms with van der Waals surface area (Å²) in [6.45, 7) is 9.43. The fraction of sp³-hybridized carbons (Fsp3) is 0.483. The number of halogens is 1. The molecule has 2 atom stereocenters. The number of benzene rings is 1. The number of hydrogen-bond donors (Lipinski definition) is 1. The number of carbonyl (C=O) groups is 1. The predicted molar refractivity (Wildman–Crippen MR) is 150 cm³/mol. The molecule has 206 valence electrons. The summed E-state index contributed by atoms with van der Waals surface area (Å²) in [7, 11) is 0. The third kappa shape index (κ3) is 7.41. The normalized spacial score (nSPS) is 16.7. The van der Waals surface area contributed by atoms with Crippen molar-refractivity contribution in [2.45, 2.75) is 64.6 Å². The maximum Gasteiger partial charge on any atom is 0.237 e. The van der Waals surface area contributed by atoms with Crippen molar-refractivity contribution in [3.05, 3.63) is 77.4 Å². The van der Waals surface area contributed by atoms with E-state index in [0.29, 0.717) is 57.5 Å². The number of fused-ring (bicyclic) bond motifs is 1. The minimum Gasteiger partial charge on any atom is -0.392 e. The second-order valence-electron chi connectivity index (χ2n) is 9.72. The minimum atomic E-state index is -0.732. The van der Waals surface area contributed by atoms with Gasteiger partial charge in [-0.1, -0.05) is 38.1 Å². The van der Waals surface area contributed by atoms with Crippen LogP contribution in [0.5, 0.6) is 0 Å². The van der Waals surface area contributed by atoms with Gasteiger partial charge in [-0.05, 0) is 48.9 Å². The van der Waals surface area contributed by atoms with Crippen molar-refractivity contribution in [2.75, 3.05) is 31.3 Å². The Bertz CT molecular complexity index is 1150. The van der Waals surface area contributed by atoms with Crippen molar-refractivity contribution in [1.82, 2.24) is 14.8 Å². The average molecular weight is 543 g/mol. The van der Waals surface area contributed by atoms with Crippen molar-refractivity contribution < 1.29 is 19.4 Å². The number of aliphatic hydroxyl groups is 1. The van der Waals surface area contributed by atoms with Crippen molar-refractivity contribution in [3.8, 4) is 0 Å². The molecule has 2 aromatic heterocycles. The second kappa shape index (κ2) is 14.4. The summed E-state index contributed by atoms with van der Waals surface area (Å²) < 4.78 is 12.7. The number of hydrogen-bond acceptors (Lipinski definition) is 6. The zero-order chi connectivity index (χ0) is 26.2. The molecule has 0 aliphatic heterocycles. The molecule has 3 aromatic rings. The van der Waals surface area contributed by atoms with Gasteiger partial charge in [0.1, 0.15) is 0 Å². The Morgan fingerprint density at radius 3 is 2.66 bits per heavy atom. The van der Waals surface area contributed by atoms with Crippen LogP contribution in [0.2, 0.25) is 0 Å². The van der Waals surface area contributed by atoms with Gasteiger partial charge in [-0.3, -0.25) is 14.5 Å². The minimum absolute atomic E-state index is 0. The molecule has 1 aliphatic carbocycles. The molecule has 2 heterocycles. The van der Waals surface area contributed by atoms with E-state index in [2.05, 4.69) is 23.9 Å². The largest absolute Gasteiger partial charge is 0.392 e. The number of pyridine rings is 1. The molecule has 8 nitrogen and oxygen atoms in total. The molecule has 9 heteroatoms. The monoisotopic (exact) mass is 542 g/mol. The number of anilines is 1. The summed E-state index contributed by atoms with van der Waals surface area (Å²) in [6.07, 6.45) is 6.07. The average Bonchev–Trinajstić information content (AvgIpc) is 3.36. The summed E-state index contributed by atoms with van der Waals surface area (Å²) in [5, 5.41) is 15.4. The van der Waals surface area contributed by atoms with E-state index >= 15 is 0 Å². The molecule has 1 aliphatic rings. The summed E-state index contributed by atoms with van der Waals surface area (Å²) in [5.41, 5.74) is 4.60. The van der Waals surface area contributed by atoms with Gasteiger partial charge >= 0.3 is 0 Å². The Labute approximate surface area is 231 Å². The third-order valence-corrected chi connectivity index (χ3v) is 6.76. The van der Waals surface area contributed by atoms with Crippen LogP contribution in [0.1, 0.15) is 61.4 Å². The molecule has 1 N–H and O–H groups in total. The number of carbonyl (C=O) groups excluding carboxylic acids is 1. The van der Waals surface area contributed by atoms with E-state index in [9.17, 15) is 9.90 Å². The lowest BCUT2D eigenvalue weighted by atomic mass is 9.80. The molecule has 1 amide bonds. The zero-order valence-electron chi connectivity index (χ0n) is 22.5. The highest BCUT2D eigenvalue weighted by atomic mass is 35.5. The zero-order valence-corrected chi connectivity index (χ0v) is 23.3. The molecule has 38 heavy (non-hydrogen) atoms. The first kappa shape index (κ1) is 29.8. The topological polar surface area (TPSA) is 89.7 Å². The van der Waals surface area contributed by atoms with Crippen LogP contribution in [0.4, 0.5) is 5.69 Å². The number of rotatable bonds is 12. The summed E-state index contributed by atoms with van der Waals surface area (Å²) in [4.78, 5) is 20.4. The molecule has 1 aromatic carbocycles. The van der Waals surface area contributed by atoms with Gasteiger partial charge in [-0.15, -0.1) is 12.4 Å². The van der Waals surface area contributed by atoms with E-state index in [4.69, 9.17) is 9.47 Å². The Balaban J connectivity index is 0.00000400. The molecular weight excluding hydrogens is 504 g/mol. The van der Waals surface area contributed by atoms with Gasteiger partial charge in [0.2, 0.25) is 5.91 Å². The summed E-state index contributed by atoms with van der Waals surface area (Å²) in [5.74, 6) is -0.464. The first-order valence-electron chi connectivity index (χ1n) is 13.2. The maximum absolute atomic E-state index is 14.1. The number of nitrogens with zero attached hydrogens (tertiary/aromatic N) is 4. The van der Waals surface area contributed by atoms with E-state index in [-0.39, 0.29) is 18.3 Å². The van der Waals surface area contributed by atoms with Crippen molar-refractivity contribution >= 4 is 24.0 Å². The smallest absolute Gasteiger partial charge is 0.237 e. The van der Waals surface area contributed by atoms with Crippen molar-refractivity contribution in [2.24, 2.45) is 0 Å². The fourth-order valence-electron chi connectivity index (χ4n) is 4.72. The second-order valence-corrected chi connectivity index (χ2v) is 9.72. The molecule has 0 saturated heterocycles. The van der Waals surface area contributed by atoms with Crippen molar-refractivity contribution in [1.29, 1.82) is 0 Å². The van der Waals surface area contributed by atoms with E-state index in [1.807, 2.05) is 54.2 Å². The standard InChI is InChI=1S/C29H38N4O4.ClH/c1-4-36-15-16-37-14-13-32-19-22(17-31-32)20-33(24-10-11-26(21(2)3)30-18-24)29(35)28-25-8-6-5-7-23(25)9-12-27(28)34;/h5-8,10-11,17-19,21,27-28,34H,4,9,12-16,20H2,1-3H3;1H. The van der Waals surface area contributed by atoms with Crippen molar-refractivity contribution in [3.63, 3.8) is 0 Å². The lowest BCUT2D eigenvalue weighted by molar-refractivity contribution is -0.123. The van der Waals surface area contributed by atoms with Gasteiger partial charge in [0.15, 0.2) is 0 Å². The first-order valence-corrected chi connectivity index (χ1v) is 13.2. The number of amides is 1. The number of ether oxygens (including phenoxy) is 2. The molecule has 2 unspecified atom stereocenters. The van der Waals surface area contributed by atoms with Gasteiger partial charge in [0.05, 0.1) is 63.0 Å². The SMILES string of the molecule is CCOCCOCCn1cc(CN(C(=O)C2c3ccccc3CCC2O)c2ccc(C(C)C)nc2)cn1.Cl. The Morgan fingerprint density at radius 1 is 1.13 bits per heavy atom. The highest BCUT2D eigenvalue weighted by Crippen LogP contribution is 2.35. The predicted octanol–water partition coefficient (Wildman–Crippen LogP) is 4.50. The van der Waals surface area contributed by atoms with Crippen LogP contribution in [0.3, 0.4) is 0 Å². The van der Waals surface area contributed by atoms with Crippen LogP contribution in [0, 0.1) is 0 Å². The Kier molecular flexibility index (Phi) is 11.3. The van der Waals surface area contributed by atoms with Gasteiger partial charge in [-0.25, -0.2) is 0 Å². The van der Waals surface area contributed by atoms with Crippen LogP contribution in [0.25, 0.3) is 0 Å². The first-order chi connectivity index (χ1) is 18.0. The van der Waals surface area contributed by atoms with E-state index in [1.54, 1.807) is 17.3 Å². The quantitative estimate of drug-likeness (QED) is 0.339. The molecule has 0 saturated carbocycles. The molecular formula is C29H39ClN4O4. The highest BCUT2D eigenvalue weighted by molar-refractivity contribution is 5.98. The van der Waals surface area contributed by atoms with E-state index in [0.717, 1.165) is 28.8 Å². The third-order valence-electron chi connectivity index (χ3n) is 6.76. The van der Waals surface area contributed by atoms with Gasteiger partial charge < -0.3 is 19.5 Å². The maximum atomic E-state index is 14.1. The highest BCUT2D eigenvalue weighted by Gasteiger charge is 2.37. The Hall–Kier alpha value is -2.78. The molecule has 0 spiro atoms. The number of aliphatic hydroxyl groups excluding tert-OH is 1. The molecule has 4 rings (SSSR count). The van der Waals surface area contributed by atoms with Gasteiger partial charge in [0.25, 0.3) is 0 Å². The fourth-order valence-corrected chi connectivity index (χ4v) is 4.72. The number of aromatic nitrogens is 3. The van der Waals surface area contributed by atoms with Crippen LogP contribution >= 0.6 is 12.4 Å². The van der Waals surface area contributed by atoms with E-state index in [1.165, 1.54) is 0 Å². The Morgan fingerprint density at radius 2 is 1.92 bits per heavy atom. The summed E-state index contributed by atoms with van der Waals surface area (Å²) >= 11 is 0. The number of aryl methyl sites for hydroxylation is 1.